The first-order chi connectivity index (χ1) is 8.86. The number of benzene rings is 1. The summed E-state index contributed by atoms with van der Waals surface area (Å²) < 4.78 is 36.9. The van der Waals surface area contributed by atoms with Crippen LogP contribution < -0.4 is 5.32 Å². The van der Waals surface area contributed by atoms with Gasteiger partial charge in [0.25, 0.3) is 5.91 Å². The standard InChI is InChI=1S/C11H8F3N3OS/c1-6-2-4-7(5-3-6)8(18)15-10-17-16-9(19-10)11(12,13)14/h2-5H,1H3,(H,15,17,18). The smallest absolute Gasteiger partial charge is 0.296 e. The maximum absolute atomic E-state index is 12.3. The van der Waals surface area contributed by atoms with Crippen molar-refractivity contribution in [2.24, 2.45) is 0 Å². The summed E-state index contributed by atoms with van der Waals surface area (Å²) in [4.78, 5) is 11.7. The molecule has 0 spiro atoms. The number of hydrogen-bond donors (Lipinski definition) is 1. The van der Waals surface area contributed by atoms with Crippen molar-refractivity contribution < 1.29 is 18.0 Å². The molecular weight excluding hydrogens is 279 g/mol. The lowest BCUT2D eigenvalue weighted by molar-refractivity contribution is -0.138. The predicted octanol–water partition coefficient (Wildman–Crippen LogP) is 3.12. The third kappa shape index (κ3) is 3.28. The van der Waals surface area contributed by atoms with E-state index in [2.05, 4.69) is 15.5 Å². The second-order valence-electron chi connectivity index (χ2n) is 3.73. The second-order valence-corrected chi connectivity index (χ2v) is 4.71. The van der Waals surface area contributed by atoms with Crippen molar-refractivity contribution in [3.05, 3.63) is 40.4 Å². The largest absolute Gasteiger partial charge is 0.445 e. The number of nitrogens with one attached hydrogen (secondary N) is 1. The molecule has 1 amide bonds. The minimum absolute atomic E-state index is 0.182. The number of carbonyl (C=O) groups excluding carboxylic acids is 1. The Morgan fingerprint density at radius 2 is 1.84 bits per heavy atom. The zero-order valence-corrected chi connectivity index (χ0v) is 10.5. The van der Waals surface area contributed by atoms with Gasteiger partial charge in [-0.05, 0) is 19.1 Å². The van der Waals surface area contributed by atoms with Gasteiger partial charge < -0.3 is 0 Å². The molecule has 8 heteroatoms. The summed E-state index contributed by atoms with van der Waals surface area (Å²) in [5.41, 5.74) is 1.32. The average Bonchev–Trinajstić information content (AvgIpc) is 2.78. The van der Waals surface area contributed by atoms with Gasteiger partial charge in [0, 0.05) is 5.56 Å². The van der Waals surface area contributed by atoms with Gasteiger partial charge in [0.05, 0.1) is 0 Å². The zero-order valence-electron chi connectivity index (χ0n) is 9.65. The van der Waals surface area contributed by atoms with E-state index in [0.717, 1.165) is 5.56 Å². The Balaban J connectivity index is 2.11. The molecule has 1 N–H and O–H groups in total. The first-order valence-corrected chi connectivity index (χ1v) is 5.96. The molecule has 19 heavy (non-hydrogen) atoms. The Morgan fingerprint density at radius 3 is 2.37 bits per heavy atom. The molecule has 0 atom stereocenters. The van der Waals surface area contributed by atoms with Gasteiger partial charge >= 0.3 is 6.18 Å². The molecular formula is C11H8F3N3OS. The molecule has 1 aromatic heterocycles. The minimum atomic E-state index is -4.55. The van der Waals surface area contributed by atoms with Crippen LogP contribution in [0.1, 0.15) is 20.9 Å². The highest BCUT2D eigenvalue weighted by molar-refractivity contribution is 7.15. The van der Waals surface area contributed by atoms with Crippen LogP contribution in [0.2, 0.25) is 0 Å². The first-order valence-electron chi connectivity index (χ1n) is 5.15. The van der Waals surface area contributed by atoms with Gasteiger partial charge in [-0.25, -0.2) is 0 Å². The van der Waals surface area contributed by atoms with E-state index >= 15 is 0 Å². The van der Waals surface area contributed by atoms with Crippen molar-refractivity contribution >= 4 is 22.4 Å². The predicted molar refractivity (Wildman–Crippen MR) is 64.0 cm³/mol. The maximum atomic E-state index is 12.3. The average molecular weight is 287 g/mol. The van der Waals surface area contributed by atoms with E-state index in [-0.39, 0.29) is 16.5 Å². The zero-order chi connectivity index (χ0) is 14.0. The lowest BCUT2D eigenvalue weighted by Crippen LogP contribution is -2.11. The number of aromatic nitrogens is 2. The van der Waals surface area contributed by atoms with E-state index < -0.39 is 17.1 Å². The number of anilines is 1. The van der Waals surface area contributed by atoms with Crippen LogP contribution in [-0.4, -0.2) is 16.1 Å². The summed E-state index contributed by atoms with van der Waals surface area (Å²) in [6, 6.07) is 6.62. The van der Waals surface area contributed by atoms with Gasteiger partial charge in [0.1, 0.15) is 0 Å². The Labute approximate surface area is 110 Å². The summed E-state index contributed by atoms with van der Waals surface area (Å²) in [5.74, 6) is -0.523. The molecule has 0 radical (unpaired) electrons. The molecule has 0 aliphatic rings. The van der Waals surface area contributed by atoms with Gasteiger partial charge in [-0.1, -0.05) is 29.0 Å². The number of rotatable bonds is 2. The van der Waals surface area contributed by atoms with Crippen molar-refractivity contribution in [1.29, 1.82) is 0 Å². The molecule has 100 valence electrons. The lowest BCUT2D eigenvalue weighted by atomic mass is 10.1. The van der Waals surface area contributed by atoms with E-state index in [1.807, 2.05) is 6.92 Å². The molecule has 0 saturated heterocycles. The van der Waals surface area contributed by atoms with E-state index in [1.54, 1.807) is 24.3 Å². The molecule has 2 aromatic rings. The van der Waals surface area contributed by atoms with Crippen LogP contribution >= 0.6 is 11.3 Å². The highest BCUT2D eigenvalue weighted by Gasteiger charge is 2.35. The molecule has 0 unspecified atom stereocenters. The Morgan fingerprint density at radius 1 is 1.21 bits per heavy atom. The molecule has 0 saturated carbocycles. The van der Waals surface area contributed by atoms with Crippen LogP contribution in [0.15, 0.2) is 24.3 Å². The molecule has 0 bridgehead atoms. The number of amides is 1. The monoisotopic (exact) mass is 287 g/mol. The van der Waals surface area contributed by atoms with Crippen LogP contribution in [0, 0.1) is 6.92 Å². The van der Waals surface area contributed by atoms with Crippen molar-refractivity contribution in [3.8, 4) is 0 Å². The number of halogens is 3. The summed E-state index contributed by atoms with van der Waals surface area (Å²) in [6.45, 7) is 1.86. The summed E-state index contributed by atoms with van der Waals surface area (Å²) >= 11 is 0.287. The number of hydrogen-bond acceptors (Lipinski definition) is 4. The Kier molecular flexibility index (Phi) is 3.52. The minimum Gasteiger partial charge on any atom is -0.296 e. The molecule has 1 heterocycles. The van der Waals surface area contributed by atoms with Gasteiger partial charge in [-0.2, -0.15) is 13.2 Å². The highest BCUT2D eigenvalue weighted by Crippen LogP contribution is 2.33. The third-order valence-electron chi connectivity index (χ3n) is 2.20. The SMILES string of the molecule is Cc1ccc(C(=O)Nc2nnc(C(F)(F)F)s2)cc1. The fraction of sp³-hybridized carbons (Fsp3) is 0.182. The van der Waals surface area contributed by atoms with Crippen molar-refractivity contribution in [1.82, 2.24) is 10.2 Å². The first kappa shape index (κ1) is 13.5. The Bertz CT molecular complexity index is 592. The van der Waals surface area contributed by atoms with Crippen LogP contribution in [0.4, 0.5) is 18.3 Å². The van der Waals surface area contributed by atoms with Crippen molar-refractivity contribution in [3.63, 3.8) is 0 Å². The van der Waals surface area contributed by atoms with Crippen molar-refractivity contribution in [2.45, 2.75) is 13.1 Å². The van der Waals surface area contributed by atoms with Gasteiger partial charge in [-0.15, -0.1) is 10.2 Å². The lowest BCUT2D eigenvalue weighted by Gasteiger charge is -2.01. The summed E-state index contributed by atoms with van der Waals surface area (Å²) in [6.07, 6.45) is -4.55. The van der Waals surface area contributed by atoms with Crippen LogP contribution in [0.5, 0.6) is 0 Å². The number of nitrogens with zero attached hydrogens (tertiary/aromatic N) is 2. The van der Waals surface area contributed by atoms with E-state index in [0.29, 0.717) is 5.56 Å². The second kappa shape index (κ2) is 4.96. The quantitative estimate of drug-likeness (QED) is 0.923. The third-order valence-corrected chi connectivity index (χ3v) is 3.09. The molecule has 0 fully saturated rings. The van der Waals surface area contributed by atoms with Gasteiger partial charge in [-0.3, -0.25) is 10.1 Å². The van der Waals surface area contributed by atoms with Crippen molar-refractivity contribution in [2.75, 3.05) is 5.32 Å². The molecule has 0 aliphatic heterocycles. The van der Waals surface area contributed by atoms with E-state index in [4.69, 9.17) is 0 Å². The van der Waals surface area contributed by atoms with E-state index in [9.17, 15) is 18.0 Å². The topological polar surface area (TPSA) is 54.9 Å². The van der Waals surface area contributed by atoms with Gasteiger partial charge in [0.2, 0.25) is 10.1 Å². The number of aryl methyl sites for hydroxylation is 1. The number of carbonyl (C=O) groups is 1. The van der Waals surface area contributed by atoms with Crippen LogP contribution in [-0.2, 0) is 6.18 Å². The maximum Gasteiger partial charge on any atom is 0.445 e. The fourth-order valence-corrected chi connectivity index (χ4v) is 1.87. The summed E-state index contributed by atoms with van der Waals surface area (Å²) in [5, 5.41) is 7.26. The normalized spacial score (nSPS) is 11.4. The van der Waals surface area contributed by atoms with Crippen LogP contribution in [0.3, 0.4) is 0 Å². The number of alkyl halides is 3. The van der Waals surface area contributed by atoms with Crippen LogP contribution in [0.25, 0.3) is 0 Å². The molecule has 0 aliphatic carbocycles. The van der Waals surface area contributed by atoms with E-state index in [1.165, 1.54) is 0 Å². The molecule has 4 nitrogen and oxygen atoms in total. The highest BCUT2D eigenvalue weighted by atomic mass is 32.1. The molecule has 2 rings (SSSR count). The summed E-state index contributed by atoms with van der Waals surface area (Å²) in [7, 11) is 0. The Hall–Kier alpha value is -1.96. The van der Waals surface area contributed by atoms with Gasteiger partial charge in [0.15, 0.2) is 0 Å². The molecule has 1 aromatic carbocycles. The fourth-order valence-electron chi connectivity index (χ4n) is 1.26.